The number of nitrogens with one attached hydrogen (secondary N) is 1. The molecule has 12 aromatic rings. The molecule has 61 heavy (non-hydrogen) atoms. The smallest absolute Gasteiger partial charge is 0.201 e. The molecule has 0 aliphatic carbocycles. The van der Waals surface area contributed by atoms with Crippen molar-refractivity contribution in [2.45, 2.75) is 16.1 Å². The monoisotopic (exact) mass is 794 g/mol. The largest absolute Gasteiger partial charge is 0.345 e. The highest BCUT2D eigenvalue weighted by Gasteiger charge is 2.27. The molecule has 5 heteroatoms. The van der Waals surface area contributed by atoms with Gasteiger partial charge < -0.3 is 14.5 Å². The maximum atomic E-state index is 5.40. The van der Waals surface area contributed by atoms with Gasteiger partial charge in [-0.1, -0.05) is 139 Å². The number of aromatic nitrogens is 2. The fourth-order valence-electron chi connectivity index (χ4n) is 10.4. The Morgan fingerprint density at radius 3 is 1.97 bits per heavy atom. The van der Waals surface area contributed by atoms with Crippen molar-refractivity contribution in [3.63, 3.8) is 0 Å². The van der Waals surface area contributed by atoms with E-state index in [2.05, 4.69) is 209 Å². The van der Waals surface area contributed by atoms with Crippen LogP contribution in [-0.2, 0) is 0 Å². The topological polar surface area (TPSA) is 34.2 Å². The minimum Gasteiger partial charge on any atom is -0.345 e. The third-order valence-corrected chi connectivity index (χ3v) is 14.2. The van der Waals surface area contributed by atoms with Crippen molar-refractivity contribution in [1.29, 1.82) is 0 Å². The minimum absolute atomic E-state index is 0.314. The van der Waals surface area contributed by atoms with Crippen LogP contribution in [0.1, 0.15) is 11.9 Å². The van der Waals surface area contributed by atoms with E-state index in [1.807, 2.05) is 11.8 Å². The van der Waals surface area contributed by atoms with Crippen LogP contribution < -0.4 is 15.9 Å². The molecule has 10 aromatic carbocycles. The molecule has 14 rings (SSSR count). The number of nitrogens with zero attached hydrogens (tertiary/aromatic N) is 3. The van der Waals surface area contributed by atoms with Crippen LogP contribution in [0, 0.1) is 0 Å². The van der Waals surface area contributed by atoms with Gasteiger partial charge in [0.2, 0.25) is 6.29 Å². The molecule has 1 atom stereocenters. The summed E-state index contributed by atoms with van der Waals surface area (Å²) in [7, 11) is 0. The molecule has 1 unspecified atom stereocenters. The van der Waals surface area contributed by atoms with E-state index in [9.17, 15) is 0 Å². The summed E-state index contributed by atoms with van der Waals surface area (Å²) in [6.07, 6.45) is -0.314. The fourth-order valence-corrected chi connectivity index (χ4v) is 11.5. The Bertz CT molecular complexity index is 4020. The third-order valence-electron chi connectivity index (χ3n) is 13.1. The molecular formula is C56H34N4S. The van der Waals surface area contributed by atoms with E-state index in [-0.39, 0.29) is 6.29 Å². The Morgan fingerprint density at radius 2 is 1.08 bits per heavy atom. The molecule has 284 valence electrons. The van der Waals surface area contributed by atoms with Gasteiger partial charge in [0.1, 0.15) is 0 Å². The highest BCUT2D eigenvalue weighted by molar-refractivity contribution is 7.99. The fraction of sp³-hybridized carbons (Fsp3) is 0.0179. The molecule has 0 bridgehead atoms. The Morgan fingerprint density at radius 1 is 0.443 bits per heavy atom. The molecule has 4 heterocycles. The molecule has 4 nitrogen and oxygen atoms in total. The normalized spacial score (nSPS) is 14.6. The zero-order chi connectivity index (χ0) is 39.8. The van der Waals surface area contributed by atoms with Crippen LogP contribution in [0.15, 0.2) is 209 Å². The standard InChI is InChI=1S/C56H34N4S/c1-3-12-39-33(10-1)20-21-35-22-26-38(32-43(35)39)59-49-28-25-37(31-45(49)53-40-13-4-2-11-34(40)23-29-50(53)59)36-24-27-48-44(30-36)41-14-5-7-17-47(41)60(48)56-57-46-16-9-19-52-54(46)55(58-56)42-15-6-8-18-51(42)61-52/h1-32,56,58H. The van der Waals surface area contributed by atoms with Gasteiger partial charge >= 0.3 is 0 Å². The number of hydrogen-bond donors (Lipinski definition) is 1. The van der Waals surface area contributed by atoms with E-state index in [1.165, 1.54) is 96.6 Å². The van der Waals surface area contributed by atoms with Crippen LogP contribution in [0.3, 0.4) is 0 Å². The van der Waals surface area contributed by atoms with Crippen LogP contribution in [0.4, 0.5) is 0 Å². The average molecular weight is 795 g/mol. The van der Waals surface area contributed by atoms with E-state index >= 15 is 0 Å². The van der Waals surface area contributed by atoms with Crippen molar-refractivity contribution in [3.05, 3.63) is 210 Å². The lowest BCUT2D eigenvalue weighted by atomic mass is 9.99. The summed E-state index contributed by atoms with van der Waals surface area (Å²) >= 11 is 1.83. The molecule has 2 aliphatic rings. The molecule has 1 N–H and O–H groups in total. The van der Waals surface area contributed by atoms with E-state index in [4.69, 9.17) is 4.99 Å². The van der Waals surface area contributed by atoms with Crippen LogP contribution in [-0.4, -0.2) is 9.13 Å². The summed E-state index contributed by atoms with van der Waals surface area (Å²) in [4.78, 5) is 7.90. The third kappa shape index (κ3) is 4.75. The average Bonchev–Trinajstić information content (AvgIpc) is 3.84. The Hall–Kier alpha value is -7.60. The number of hydrogen-bond acceptors (Lipinski definition) is 3. The summed E-state index contributed by atoms with van der Waals surface area (Å²) in [6, 6.07) is 71.5. The first kappa shape index (κ1) is 33.3. The molecule has 2 aromatic heterocycles. The van der Waals surface area contributed by atoms with Gasteiger partial charge in [0.15, 0.2) is 0 Å². The lowest BCUT2D eigenvalue weighted by Crippen LogP contribution is -2.43. The molecule has 0 saturated carbocycles. The van der Waals surface area contributed by atoms with E-state index in [0.717, 1.165) is 27.8 Å². The molecule has 0 spiro atoms. The van der Waals surface area contributed by atoms with Gasteiger partial charge in [0.25, 0.3) is 0 Å². The summed E-state index contributed by atoms with van der Waals surface area (Å²) in [6.45, 7) is 0. The van der Waals surface area contributed by atoms with Crippen molar-refractivity contribution in [1.82, 2.24) is 14.5 Å². The second-order valence-corrected chi connectivity index (χ2v) is 17.4. The first-order chi connectivity index (χ1) is 30.2. The van der Waals surface area contributed by atoms with Gasteiger partial charge in [-0.3, -0.25) is 0 Å². The molecule has 0 saturated heterocycles. The predicted molar refractivity (Wildman–Crippen MR) is 254 cm³/mol. The quantitative estimate of drug-likeness (QED) is 0.181. The van der Waals surface area contributed by atoms with E-state index < -0.39 is 0 Å². The van der Waals surface area contributed by atoms with Gasteiger partial charge in [-0.15, -0.1) is 0 Å². The van der Waals surface area contributed by atoms with Gasteiger partial charge in [0, 0.05) is 47.8 Å². The first-order valence-corrected chi connectivity index (χ1v) is 21.7. The van der Waals surface area contributed by atoms with E-state index in [0.29, 0.717) is 0 Å². The first-order valence-electron chi connectivity index (χ1n) is 20.9. The van der Waals surface area contributed by atoms with Crippen molar-refractivity contribution in [3.8, 4) is 16.8 Å². The summed E-state index contributed by atoms with van der Waals surface area (Å²) in [5.41, 5.74) is 10.6. The van der Waals surface area contributed by atoms with Gasteiger partial charge in [-0.25, -0.2) is 4.99 Å². The molecule has 2 aliphatic heterocycles. The van der Waals surface area contributed by atoms with Crippen LogP contribution in [0.5, 0.6) is 0 Å². The highest BCUT2D eigenvalue weighted by atomic mass is 32.2. The van der Waals surface area contributed by atoms with Crippen LogP contribution >= 0.6 is 11.8 Å². The van der Waals surface area contributed by atoms with Crippen LogP contribution in [0.2, 0.25) is 0 Å². The SMILES string of the molecule is c1ccc2c(c1)Sc1cccc3c1=C2NC(n1c2ccccc2c2cc(-c4ccc5c(c4)c4c6ccccc6ccc4n5-c4ccc5ccc6ccccc6c5c4)ccc21)N=3. The predicted octanol–water partition coefficient (Wildman–Crippen LogP) is 13.0. The zero-order valence-corrected chi connectivity index (χ0v) is 33.6. The number of rotatable bonds is 3. The minimum atomic E-state index is -0.314. The summed E-state index contributed by atoms with van der Waals surface area (Å²) < 4.78 is 4.85. The lowest BCUT2D eigenvalue weighted by molar-refractivity contribution is 0.487. The maximum absolute atomic E-state index is 5.40. The second-order valence-electron chi connectivity index (χ2n) is 16.3. The van der Waals surface area contributed by atoms with E-state index in [1.54, 1.807) is 0 Å². The molecular weight excluding hydrogens is 761 g/mol. The van der Waals surface area contributed by atoms with Crippen LogP contribution in [0.25, 0.3) is 98.4 Å². The molecule has 0 radical (unpaired) electrons. The number of fused-ring (bicyclic) bond motifs is 13. The number of para-hydroxylation sites is 1. The van der Waals surface area contributed by atoms with Crippen molar-refractivity contribution < 1.29 is 0 Å². The van der Waals surface area contributed by atoms with Gasteiger partial charge in [0.05, 0.1) is 33.1 Å². The molecule has 0 amide bonds. The Balaban J connectivity index is 0.960. The lowest BCUT2D eigenvalue weighted by Gasteiger charge is -2.29. The van der Waals surface area contributed by atoms with Gasteiger partial charge in [-0.2, -0.15) is 0 Å². The molecule has 0 fully saturated rings. The Kier molecular flexibility index (Phi) is 6.79. The second kappa shape index (κ2) is 12.5. The Labute approximate surface area is 354 Å². The van der Waals surface area contributed by atoms with Crippen molar-refractivity contribution in [2.75, 3.05) is 0 Å². The van der Waals surface area contributed by atoms with Crippen molar-refractivity contribution >= 4 is 93.4 Å². The zero-order valence-electron chi connectivity index (χ0n) is 32.8. The maximum Gasteiger partial charge on any atom is 0.201 e. The number of benzene rings is 10. The summed E-state index contributed by atoms with van der Waals surface area (Å²) in [5, 5.41) is 18.7. The van der Waals surface area contributed by atoms with Gasteiger partial charge in [-0.05, 0) is 110 Å². The van der Waals surface area contributed by atoms with Crippen molar-refractivity contribution in [2.24, 2.45) is 4.99 Å². The highest BCUT2D eigenvalue weighted by Crippen LogP contribution is 2.42. The summed E-state index contributed by atoms with van der Waals surface area (Å²) in [5.74, 6) is 0.